The minimum atomic E-state index is -0.732. The SMILES string of the molecule is COC(=O)[C@H]1C[C@@H](NC(=O)OC(C)(C)C)[C@@H](COC(=O)c2ccccc2)[C@@H]1COC(=O)c1ccccc1. The first-order valence-electron chi connectivity index (χ1n) is 12.1. The van der Waals surface area contributed by atoms with E-state index >= 15 is 0 Å². The van der Waals surface area contributed by atoms with Crippen molar-refractivity contribution in [2.45, 2.75) is 38.8 Å². The molecule has 0 aliphatic heterocycles. The Kier molecular flexibility index (Phi) is 9.27. The van der Waals surface area contributed by atoms with Crippen LogP contribution in [0.25, 0.3) is 0 Å². The number of amides is 1. The van der Waals surface area contributed by atoms with Crippen LogP contribution in [0, 0.1) is 17.8 Å². The number of carbonyl (C=O) groups is 4. The largest absolute Gasteiger partial charge is 0.469 e. The molecule has 1 N–H and O–H groups in total. The molecular formula is C28H33NO8. The van der Waals surface area contributed by atoms with Gasteiger partial charge in [-0.2, -0.15) is 0 Å². The molecule has 0 heterocycles. The van der Waals surface area contributed by atoms with E-state index in [-0.39, 0.29) is 19.6 Å². The average Bonchev–Trinajstić information content (AvgIpc) is 3.21. The fourth-order valence-corrected chi connectivity index (χ4v) is 4.41. The van der Waals surface area contributed by atoms with Gasteiger partial charge < -0.3 is 24.3 Å². The molecule has 0 aromatic heterocycles. The van der Waals surface area contributed by atoms with E-state index in [1.165, 1.54) is 7.11 Å². The Bertz CT molecular complexity index is 1080. The molecule has 3 rings (SSSR count). The molecule has 198 valence electrons. The van der Waals surface area contributed by atoms with Crippen molar-refractivity contribution in [3.05, 3.63) is 71.8 Å². The summed E-state index contributed by atoms with van der Waals surface area (Å²) in [5.41, 5.74) is 0.00366. The second-order valence-corrected chi connectivity index (χ2v) is 9.87. The van der Waals surface area contributed by atoms with Gasteiger partial charge in [-0.05, 0) is 51.5 Å². The van der Waals surface area contributed by atoms with Crippen LogP contribution < -0.4 is 5.32 Å². The topological polar surface area (TPSA) is 117 Å². The molecule has 1 aliphatic rings. The van der Waals surface area contributed by atoms with Gasteiger partial charge in [-0.15, -0.1) is 0 Å². The molecular weight excluding hydrogens is 478 g/mol. The van der Waals surface area contributed by atoms with Crippen LogP contribution >= 0.6 is 0 Å². The van der Waals surface area contributed by atoms with Crippen LogP contribution in [-0.4, -0.2) is 56.0 Å². The van der Waals surface area contributed by atoms with Crippen LogP contribution in [0.3, 0.4) is 0 Å². The van der Waals surface area contributed by atoms with Crippen molar-refractivity contribution < 1.29 is 38.1 Å². The van der Waals surface area contributed by atoms with E-state index in [0.717, 1.165) is 0 Å². The van der Waals surface area contributed by atoms with Crippen molar-refractivity contribution in [1.82, 2.24) is 5.32 Å². The van der Waals surface area contributed by atoms with Gasteiger partial charge in [-0.1, -0.05) is 36.4 Å². The fraction of sp³-hybridized carbons (Fsp3) is 0.429. The predicted molar refractivity (Wildman–Crippen MR) is 134 cm³/mol. The predicted octanol–water partition coefficient (Wildman–Crippen LogP) is 4.02. The normalized spacial score (nSPS) is 21.0. The summed E-state index contributed by atoms with van der Waals surface area (Å²) in [5.74, 6) is -3.43. The summed E-state index contributed by atoms with van der Waals surface area (Å²) in [5, 5.41) is 2.81. The molecule has 1 aliphatic carbocycles. The van der Waals surface area contributed by atoms with Crippen molar-refractivity contribution in [3.63, 3.8) is 0 Å². The zero-order valence-electron chi connectivity index (χ0n) is 21.5. The minimum Gasteiger partial charge on any atom is -0.469 e. The average molecular weight is 512 g/mol. The fourth-order valence-electron chi connectivity index (χ4n) is 4.41. The van der Waals surface area contributed by atoms with E-state index in [2.05, 4.69) is 5.32 Å². The summed E-state index contributed by atoms with van der Waals surface area (Å²) in [6.07, 6.45) is -0.463. The molecule has 0 unspecified atom stereocenters. The van der Waals surface area contributed by atoms with Gasteiger partial charge in [0.25, 0.3) is 0 Å². The number of carbonyl (C=O) groups excluding carboxylic acids is 4. The summed E-state index contributed by atoms with van der Waals surface area (Å²) < 4.78 is 21.5. The van der Waals surface area contributed by atoms with Gasteiger partial charge in [0.1, 0.15) is 5.60 Å². The number of nitrogens with one attached hydrogen (secondary N) is 1. The lowest BCUT2D eigenvalue weighted by Gasteiger charge is -2.27. The highest BCUT2D eigenvalue weighted by Crippen LogP contribution is 2.39. The lowest BCUT2D eigenvalue weighted by Crippen LogP contribution is -2.43. The first-order chi connectivity index (χ1) is 17.6. The van der Waals surface area contributed by atoms with Crippen LogP contribution in [0.4, 0.5) is 4.79 Å². The second-order valence-electron chi connectivity index (χ2n) is 9.87. The maximum absolute atomic E-state index is 12.7. The van der Waals surface area contributed by atoms with Crippen LogP contribution in [0.1, 0.15) is 47.9 Å². The van der Waals surface area contributed by atoms with Crippen molar-refractivity contribution >= 4 is 24.0 Å². The van der Waals surface area contributed by atoms with Crippen LogP contribution in [0.5, 0.6) is 0 Å². The van der Waals surface area contributed by atoms with Gasteiger partial charge in [-0.25, -0.2) is 14.4 Å². The molecule has 0 bridgehead atoms. The van der Waals surface area contributed by atoms with E-state index in [0.29, 0.717) is 11.1 Å². The number of rotatable bonds is 8. The Balaban J connectivity index is 1.81. The Labute approximate surface area is 216 Å². The lowest BCUT2D eigenvalue weighted by atomic mass is 9.89. The zero-order chi connectivity index (χ0) is 27.0. The maximum atomic E-state index is 12.7. The number of hydrogen-bond donors (Lipinski definition) is 1. The molecule has 9 heteroatoms. The highest BCUT2D eigenvalue weighted by Gasteiger charge is 2.49. The van der Waals surface area contributed by atoms with Crippen molar-refractivity contribution in [1.29, 1.82) is 0 Å². The number of hydrogen-bond acceptors (Lipinski definition) is 8. The van der Waals surface area contributed by atoms with E-state index in [1.807, 2.05) is 0 Å². The van der Waals surface area contributed by atoms with Gasteiger partial charge in [0.05, 0.1) is 37.4 Å². The van der Waals surface area contributed by atoms with E-state index in [9.17, 15) is 19.2 Å². The Morgan fingerprint density at radius 3 is 1.76 bits per heavy atom. The molecule has 1 saturated carbocycles. The van der Waals surface area contributed by atoms with Crippen LogP contribution in [0.2, 0.25) is 0 Å². The van der Waals surface area contributed by atoms with Gasteiger partial charge >= 0.3 is 24.0 Å². The molecule has 0 radical (unpaired) electrons. The molecule has 1 fully saturated rings. The van der Waals surface area contributed by atoms with E-state index in [4.69, 9.17) is 18.9 Å². The molecule has 4 atom stereocenters. The Morgan fingerprint density at radius 1 is 0.811 bits per heavy atom. The third kappa shape index (κ3) is 7.80. The van der Waals surface area contributed by atoms with Crippen molar-refractivity contribution in [3.8, 4) is 0 Å². The number of esters is 3. The zero-order valence-corrected chi connectivity index (χ0v) is 21.5. The standard InChI is InChI=1S/C28H33NO8/c1-28(2,3)37-27(33)29-23-15-20(26(32)34-4)21(16-35-24(30)18-11-7-5-8-12-18)22(23)17-36-25(31)19-13-9-6-10-14-19/h5-14,20-23H,15-17H2,1-4H3,(H,29,33)/t20-,21+,22-,23+/m0/s1. The smallest absolute Gasteiger partial charge is 0.407 e. The summed E-state index contributed by atoms with van der Waals surface area (Å²) in [6.45, 7) is 4.97. The van der Waals surface area contributed by atoms with Crippen molar-refractivity contribution in [2.24, 2.45) is 17.8 Å². The van der Waals surface area contributed by atoms with Gasteiger partial charge in [0, 0.05) is 17.9 Å². The third-order valence-electron chi connectivity index (χ3n) is 6.13. The molecule has 1 amide bonds. The Hall–Kier alpha value is -3.88. The monoisotopic (exact) mass is 511 g/mol. The van der Waals surface area contributed by atoms with Crippen LogP contribution in [-0.2, 0) is 23.7 Å². The van der Waals surface area contributed by atoms with Gasteiger partial charge in [0.15, 0.2) is 0 Å². The molecule has 2 aromatic carbocycles. The van der Waals surface area contributed by atoms with Gasteiger partial charge in [0.2, 0.25) is 0 Å². The highest BCUT2D eigenvalue weighted by atomic mass is 16.6. The lowest BCUT2D eigenvalue weighted by molar-refractivity contribution is -0.147. The van der Waals surface area contributed by atoms with Crippen LogP contribution in [0.15, 0.2) is 60.7 Å². The molecule has 0 spiro atoms. The molecule has 2 aromatic rings. The minimum absolute atomic E-state index is 0.116. The Morgan fingerprint density at radius 2 is 1.30 bits per heavy atom. The highest BCUT2D eigenvalue weighted by molar-refractivity contribution is 5.89. The molecule has 9 nitrogen and oxygen atoms in total. The number of alkyl carbamates (subject to hydrolysis) is 1. The van der Waals surface area contributed by atoms with Crippen molar-refractivity contribution in [2.75, 3.05) is 20.3 Å². The number of benzene rings is 2. The number of methoxy groups -OCH3 is 1. The number of ether oxygens (including phenoxy) is 4. The van der Waals surface area contributed by atoms with E-state index in [1.54, 1.807) is 81.4 Å². The quantitative estimate of drug-likeness (QED) is 0.417. The molecule has 0 saturated heterocycles. The first kappa shape index (κ1) is 27.7. The second kappa shape index (κ2) is 12.4. The first-order valence-corrected chi connectivity index (χ1v) is 12.1. The summed E-state index contributed by atoms with van der Waals surface area (Å²) in [7, 11) is 1.27. The summed E-state index contributed by atoms with van der Waals surface area (Å²) in [4.78, 5) is 50.5. The summed E-state index contributed by atoms with van der Waals surface area (Å²) >= 11 is 0. The van der Waals surface area contributed by atoms with E-state index < -0.39 is 53.4 Å². The maximum Gasteiger partial charge on any atom is 0.407 e. The third-order valence-corrected chi connectivity index (χ3v) is 6.13. The summed E-state index contributed by atoms with van der Waals surface area (Å²) in [6, 6.07) is 16.4. The molecule has 37 heavy (non-hydrogen) atoms. The van der Waals surface area contributed by atoms with Gasteiger partial charge in [-0.3, -0.25) is 4.79 Å².